The van der Waals surface area contributed by atoms with Crippen molar-refractivity contribution in [3.63, 3.8) is 0 Å². The van der Waals surface area contributed by atoms with Crippen molar-refractivity contribution < 1.29 is 15.4 Å². The summed E-state index contributed by atoms with van der Waals surface area (Å²) in [5.74, 6) is 0. The van der Waals surface area contributed by atoms with Gasteiger partial charge in [-0.25, -0.2) is 0 Å². The van der Waals surface area contributed by atoms with Gasteiger partial charge in [-0.05, 0) is 89.6 Å². The fraction of sp³-hybridized carbons (Fsp3) is 0. The van der Waals surface area contributed by atoms with Gasteiger partial charge in [0.25, 0.3) is 0 Å². The summed E-state index contributed by atoms with van der Waals surface area (Å²) in [6.45, 7) is 0. The summed E-state index contributed by atoms with van der Waals surface area (Å²) in [6.07, 6.45) is 0. The molecule has 9 rings (SSSR count). The van der Waals surface area contributed by atoms with Crippen LogP contribution in [0.1, 0.15) is 11.0 Å². The summed E-state index contributed by atoms with van der Waals surface area (Å²) in [5.41, 5.74) is 3.08. The Labute approximate surface area is 248 Å². The monoisotopic (exact) mass is 528 g/mol. The maximum Gasteiger partial charge on any atom is 0.135 e. The summed E-state index contributed by atoms with van der Waals surface area (Å²) in [4.78, 5) is 0. The van der Waals surface area contributed by atoms with Crippen molar-refractivity contribution >= 4 is 65.0 Å². The second kappa shape index (κ2) is 8.55. The average Bonchev–Trinajstić information content (AvgIpc) is 3.51. The Morgan fingerprint density at radius 3 is 1.56 bits per heavy atom. The van der Waals surface area contributed by atoms with Crippen molar-refractivity contribution in [2.24, 2.45) is 0 Å². The van der Waals surface area contributed by atoms with Crippen LogP contribution in [-0.4, -0.2) is 0 Å². The number of furan rings is 1. The van der Waals surface area contributed by atoms with Gasteiger partial charge >= 0.3 is 0 Å². The molecular formula is C40H24O. The van der Waals surface area contributed by atoms with E-state index in [2.05, 4.69) is 0 Å². The van der Waals surface area contributed by atoms with E-state index in [4.69, 9.17) is 9.90 Å². The molecule has 8 aromatic carbocycles. The van der Waals surface area contributed by atoms with E-state index in [0.29, 0.717) is 33.4 Å². The van der Waals surface area contributed by atoms with Gasteiger partial charge in [0.2, 0.25) is 0 Å². The van der Waals surface area contributed by atoms with E-state index >= 15 is 0 Å². The summed E-state index contributed by atoms with van der Waals surface area (Å²) >= 11 is 0. The van der Waals surface area contributed by atoms with Crippen LogP contribution in [0.15, 0.2) is 150 Å². The third-order valence-corrected chi connectivity index (χ3v) is 8.08. The lowest BCUT2D eigenvalue weighted by Gasteiger charge is -2.18. The van der Waals surface area contributed by atoms with E-state index in [9.17, 15) is 5.48 Å². The Morgan fingerprint density at radius 2 is 0.878 bits per heavy atom. The molecule has 190 valence electrons. The number of fused-ring (bicyclic) bond motifs is 8. The Hall–Kier alpha value is -5.40. The molecule has 0 amide bonds. The number of hydrogen-bond donors (Lipinski definition) is 0. The zero-order chi connectivity index (χ0) is 33.9. The molecule has 0 atom stereocenters. The fourth-order valence-corrected chi connectivity index (χ4v) is 6.24. The summed E-state index contributed by atoms with van der Waals surface area (Å²) in [7, 11) is 0. The molecule has 0 bridgehead atoms. The smallest absolute Gasteiger partial charge is 0.135 e. The number of benzene rings is 8. The van der Waals surface area contributed by atoms with Crippen molar-refractivity contribution in [1.29, 1.82) is 0 Å². The highest BCUT2D eigenvalue weighted by atomic mass is 16.3. The van der Waals surface area contributed by atoms with Crippen LogP contribution in [0.2, 0.25) is 0 Å². The van der Waals surface area contributed by atoms with Crippen LogP contribution in [-0.2, 0) is 0 Å². The maximum atomic E-state index is 9.28. The van der Waals surface area contributed by atoms with Gasteiger partial charge < -0.3 is 4.42 Å². The first-order valence-electron chi connectivity index (χ1n) is 17.4. The molecule has 0 saturated carbocycles. The van der Waals surface area contributed by atoms with Crippen molar-refractivity contribution in [2.75, 3.05) is 0 Å². The molecule has 1 aromatic heterocycles. The lowest BCUT2D eigenvalue weighted by molar-refractivity contribution is 0.669. The molecule has 1 heterocycles. The first-order valence-corrected chi connectivity index (χ1v) is 13.4. The highest BCUT2D eigenvalue weighted by Crippen LogP contribution is 2.45. The molecular weight excluding hydrogens is 496 g/mol. The third kappa shape index (κ3) is 3.30. The van der Waals surface area contributed by atoms with Crippen LogP contribution in [0.5, 0.6) is 0 Å². The minimum Gasteiger partial charge on any atom is -0.456 e. The number of rotatable bonds is 2. The second-order valence-electron chi connectivity index (χ2n) is 10.3. The zero-order valence-electron chi connectivity index (χ0n) is 29.6. The maximum absolute atomic E-state index is 9.28. The van der Waals surface area contributed by atoms with E-state index in [1.807, 2.05) is 84.9 Å². The largest absolute Gasteiger partial charge is 0.456 e. The molecule has 0 aliphatic heterocycles. The molecule has 0 unspecified atom stereocenters. The minimum absolute atomic E-state index is 0.184. The zero-order valence-corrected chi connectivity index (χ0v) is 21.6. The van der Waals surface area contributed by atoms with E-state index in [0.717, 1.165) is 32.3 Å². The van der Waals surface area contributed by atoms with E-state index in [-0.39, 0.29) is 45.7 Å². The van der Waals surface area contributed by atoms with Gasteiger partial charge in [0.05, 0.1) is 11.0 Å². The van der Waals surface area contributed by atoms with Gasteiger partial charge in [0, 0.05) is 10.8 Å². The van der Waals surface area contributed by atoms with Crippen molar-refractivity contribution in [3.05, 3.63) is 145 Å². The van der Waals surface area contributed by atoms with Crippen LogP contribution in [0.4, 0.5) is 0 Å². The summed E-state index contributed by atoms with van der Waals surface area (Å²) in [6, 6.07) is 28.0. The second-order valence-corrected chi connectivity index (χ2v) is 10.3. The molecule has 0 saturated heterocycles. The molecule has 41 heavy (non-hydrogen) atoms. The molecule has 1 heteroatoms. The van der Waals surface area contributed by atoms with E-state index < -0.39 is 24.2 Å². The Morgan fingerprint density at radius 1 is 0.390 bits per heavy atom. The quantitative estimate of drug-likeness (QED) is 0.161. The van der Waals surface area contributed by atoms with E-state index in [1.54, 1.807) is 12.1 Å². The fourth-order valence-electron chi connectivity index (χ4n) is 6.24. The normalized spacial score (nSPS) is 14.6. The average molecular weight is 529 g/mol. The van der Waals surface area contributed by atoms with Crippen LogP contribution >= 0.6 is 0 Å². The third-order valence-electron chi connectivity index (χ3n) is 8.08. The van der Waals surface area contributed by atoms with E-state index in [1.165, 1.54) is 0 Å². The van der Waals surface area contributed by atoms with Gasteiger partial charge in [0.15, 0.2) is 0 Å². The highest BCUT2D eigenvalue weighted by molar-refractivity contribution is 6.23. The lowest BCUT2D eigenvalue weighted by atomic mass is 9.85. The van der Waals surface area contributed by atoms with Crippen molar-refractivity contribution in [3.8, 4) is 22.3 Å². The summed E-state index contributed by atoms with van der Waals surface area (Å²) in [5, 5.41) is 6.30. The van der Waals surface area contributed by atoms with Gasteiger partial charge in [-0.3, -0.25) is 0 Å². The predicted molar refractivity (Wildman–Crippen MR) is 175 cm³/mol. The Bertz CT molecular complexity index is 2850. The van der Waals surface area contributed by atoms with Crippen LogP contribution in [0.3, 0.4) is 0 Å². The molecule has 0 aliphatic rings. The standard InChI is InChI=1S/C40H24O/c1-2-10-29-25(9-1)17-18-26-19-20-27(23-35(26)29)39-31-12-3-5-14-33(31)40(34-15-6-4-13-32(34)39)28-21-22-38-36(24-28)30-11-7-8-16-37(30)41-38/h1-24H/i3D,4D,5D,6D,12D,13D,14D,15D. The Kier molecular flexibility index (Phi) is 3.34. The molecule has 9 aromatic rings. The van der Waals surface area contributed by atoms with Crippen molar-refractivity contribution in [1.82, 2.24) is 0 Å². The van der Waals surface area contributed by atoms with Crippen LogP contribution < -0.4 is 0 Å². The topological polar surface area (TPSA) is 13.1 Å². The van der Waals surface area contributed by atoms with Crippen LogP contribution in [0.25, 0.3) is 87.3 Å². The van der Waals surface area contributed by atoms with Crippen molar-refractivity contribution in [2.45, 2.75) is 0 Å². The van der Waals surface area contributed by atoms with Gasteiger partial charge in [0.1, 0.15) is 11.2 Å². The molecule has 0 radical (unpaired) electrons. The number of para-hydroxylation sites is 1. The van der Waals surface area contributed by atoms with Gasteiger partial charge in [-0.15, -0.1) is 0 Å². The first kappa shape index (κ1) is 16.0. The van der Waals surface area contributed by atoms with Crippen LogP contribution in [0, 0.1) is 0 Å². The predicted octanol–water partition coefficient (Wildman–Crippen LogP) is 11.5. The SMILES string of the molecule is [2H]c1c([2H])c([2H])c2c(-c3ccc4oc5ccccc5c4c3)c3c([2H])c([2H])c([2H])c([2H])c3c(-c3ccc4ccc5ccccc5c4c3)c2c1[2H]. The summed E-state index contributed by atoms with van der Waals surface area (Å²) < 4.78 is 78.1. The highest BCUT2D eigenvalue weighted by Gasteiger charge is 2.18. The number of hydrogen-bond acceptors (Lipinski definition) is 1. The molecule has 0 spiro atoms. The minimum atomic E-state index is -0.427. The Balaban J connectivity index is 1.54. The molecule has 0 fully saturated rings. The molecule has 0 N–H and O–H groups in total. The first-order chi connectivity index (χ1) is 23.7. The van der Waals surface area contributed by atoms with Gasteiger partial charge in [-0.1, -0.05) is 121 Å². The molecule has 1 nitrogen and oxygen atoms in total. The van der Waals surface area contributed by atoms with Gasteiger partial charge in [-0.2, -0.15) is 0 Å². The lowest BCUT2D eigenvalue weighted by Crippen LogP contribution is -1.91. The molecule has 0 aliphatic carbocycles.